The number of rotatable bonds is 5. The van der Waals surface area contributed by atoms with E-state index < -0.39 is 0 Å². The lowest BCUT2D eigenvalue weighted by Gasteiger charge is -2.08. The molecule has 1 unspecified atom stereocenters. The highest BCUT2D eigenvalue weighted by Crippen LogP contribution is 2.34. The first-order valence-electron chi connectivity index (χ1n) is 7.35. The number of nitrogens with one attached hydrogen (secondary N) is 1. The van der Waals surface area contributed by atoms with Gasteiger partial charge in [-0.25, -0.2) is 0 Å². The lowest BCUT2D eigenvalue weighted by Crippen LogP contribution is -2.15. The number of hydrogen-bond acceptors (Lipinski definition) is 3. The number of ether oxygens (including phenoxy) is 1. The SMILES string of the molecule is c1ccc2c(c1)OCC2Cn1cc(CNC2CC2)cn1. The molecule has 1 aliphatic heterocycles. The van der Waals surface area contributed by atoms with Gasteiger partial charge in [-0.2, -0.15) is 5.10 Å². The van der Waals surface area contributed by atoms with E-state index in [2.05, 4.69) is 28.7 Å². The predicted molar refractivity (Wildman–Crippen MR) is 76.8 cm³/mol. The molecule has 4 heteroatoms. The zero-order chi connectivity index (χ0) is 13.4. The van der Waals surface area contributed by atoms with E-state index in [9.17, 15) is 0 Å². The Labute approximate surface area is 118 Å². The van der Waals surface area contributed by atoms with Crippen molar-refractivity contribution >= 4 is 0 Å². The second kappa shape index (κ2) is 4.94. The molecule has 2 aliphatic rings. The van der Waals surface area contributed by atoms with Gasteiger partial charge in [0, 0.05) is 35.8 Å². The van der Waals surface area contributed by atoms with Crippen LogP contribution in [-0.4, -0.2) is 22.4 Å². The molecule has 0 saturated heterocycles. The standard InChI is InChI=1S/C16H19N3O/c1-2-4-16-15(3-1)13(11-20-16)10-19-9-12(8-18-19)7-17-14-5-6-14/h1-4,8-9,13-14,17H,5-7,10-11H2. The van der Waals surface area contributed by atoms with Crippen molar-refractivity contribution in [2.45, 2.75) is 37.9 Å². The van der Waals surface area contributed by atoms with Crippen molar-refractivity contribution in [2.24, 2.45) is 0 Å². The van der Waals surface area contributed by atoms with E-state index >= 15 is 0 Å². The van der Waals surface area contributed by atoms with Crippen LogP contribution >= 0.6 is 0 Å². The Bertz CT molecular complexity index is 603. The lowest BCUT2D eigenvalue weighted by atomic mass is 10.0. The van der Waals surface area contributed by atoms with Crippen LogP contribution in [0.5, 0.6) is 5.75 Å². The smallest absolute Gasteiger partial charge is 0.122 e. The highest BCUT2D eigenvalue weighted by atomic mass is 16.5. The molecule has 2 heterocycles. The molecule has 0 amide bonds. The van der Waals surface area contributed by atoms with E-state index in [1.165, 1.54) is 24.0 Å². The molecule has 4 nitrogen and oxygen atoms in total. The number of hydrogen-bond donors (Lipinski definition) is 1. The minimum Gasteiger partial charge on any atom is -0.493 e. The molecule has 1 aliphatic carbocycles. The number of para-hydroxylation sites is 1. The Morgan fingerprint density at radius 1 is 1.30 bits per heavy atom. The third-order valence-electron chi connectivity index (χ3n) is 4.07. The second-order valence-electron chi connectivity index (χ2n) is 5.77. The van der Waals surface area contributed by atoms with Gasteiger partial charge in [0.25, 0.3) is 0 Å². The lowest BCUT2D eigenvalue weighted by molar-refractivity contribution is 0.315. The van der Waals surface area contributed by atoms with Gasteiger partial charge in [0.1, 0.15) is 5.75 Å². The molecular weight excluding hydrogens is 250 g/mol. The van der Waals surface area contributed by atoms with Crippen LogP contribution in [0.3, 0.4) is 0 Å². The van der Waals surface area contributed by atoms with E-state index in [1.807, 2.05) is 23.0 Å². The fourth-order valence-electron chi connectivity index (χ4n) is 2.75. The van der Waals surface area contributed by atoms with Crippen LogP contribution in [-0.2, 0) is 13.1 Å². The molecule has 4 rings (SSSR count). The molecule has 0 spiro atoms. The summed E-state index contributed by atoms with van der Waals surface area (Å²) >= 11 is 0. The maximum absolute atomic E-state index is 5.72. The number of aromatic nitrogens is 2. The summed E-state index contributed by atoms with van der Waals surface area (Å²) in [6, 6.07) is 9.05. The van der Waals surface area contributed by atoms with Crippen LogP contribution in [0.1, 0.15) is 29.9 Å². The molecule has 2 aromatic rings. The molecule has 1 N–H and O–H groups in total. The summed E-state index contributed by atoms with van der Waals surface area (Å²) in [4.78, 5) is 0. The number of benzene rings is 1. The Balaban J connectivity index is 1.41. The van der Waals surface area contributed by atoms with E-state index in [4.69, 9.17) is 4.74 Å². The molecule has 20 heavy (non-hydrogen) atoms. The van der Waals surface area contributed by atoms with Crippen LogP contribution in [0.15, 0.2) is 36.7 Å². The van der Waals surface area contributed by atoms with E-state index in [0.717, 1.165) is 31.5 Å². The molecule has 1 fully saturated rings. The van der Waals surface area contributed by atoms with Gasteiger partial charge in [-0.3, -0.25) is 4.68 Å². The second-order valence-corrected chi connectivity index (χ2v) is 5.77. The molecule has 1 atom stereocenters. The molecular formula is C16H19N3O. The summed E-state index contributed by atoms with van der Waals surface area (Å²) in [6.45, 7) is 2.58. The summed E-state index contributed by atoms with van der Waals surface area (Å²) < 4.78 is 7.77. The molecule has 0 bridgehead atoms. The van der Waals surface area contributed by atoms with Crippen molar-refractivity contribution in [1.29, 1.82) is 0 Å². The molecule has 0 radical (unpaired) electrons. The first kappa shape index (κ1) is 12.0. The Kier molecular flexibility index (Phi) is 2.96. The van der Waals surface area contributed by atoms with Crippen LogP contribution in [0.25, 0.3) is 0 Å². The monoisotopic (exact) mass is 269 g/mol. The molecule has 104 valence electrons. The van der Waals surface area contributed by atoms with E-state index in [0.29, 0.717) is 5.92 Å². The van der Waals surface area contributed by atoms with Gasteiger partial charge in [-0.15, -0.1) is 0 Å². The van der Waals surface area contributed by atoms with Crippen molar-refractivity contribution in [3.05, 3.63) is 47.8 Å². The fourth-order valence-corrected chi connectivity index (χ4v) is 2.75. The van der Waals surface area contributed by atoms with Crippen LogP contribution < -0.4 is 10.1 Å². The van der Waals surface area contributed by atoms with E-state index in [1.54, 1.807) is 0 Å². The number of nitrogens with zero attached hydrogens (tertiary/aromatic N) is 2. The quantitative estimate of drug-likeness (QED) is 0.905. The van der Waals surface area contributed by atoms with Crippen molar-refractivity contribution in [3.8, 4) is 5.75 Å². The maximum atomic E-state index is 5.72. The predicted octanol–water partition coefficient (Wildman–Crippen LogP) is 2.31. The first-order valence-corrected chi connectivity index (χ1v) is 7.35. The summed E-state index contributed by atoms with van der Waals surface area (Å²) in [5, 5.41) is 7.99. The molecule has 1 aromatic carbocycles. The van der Waals surface area contributed by atoms with E-state index in [-0.39, 0.29) is 0 Å². The fraction of sp³-hybridized carbons (Fsp3) is 0.438. The van der Waals surface area contributed by atoms with Gasteiger partial charge in [0.15, 0.2) is 0 Å². The Morgan fingerprint density at radius 3 is 3.10 bits per heavy atom. The van der Waals surface area contributed by atoms with Gasteiger partial charge in [0.2, 0.25) is 0 Å². The maximum Gasteiger partial charge on any atom is 0.122 e. The van der Waals surface area contributed by atoms with Gasteiger partial charge in [-0.05, 0) is 18.9 Å². The topological polar surface area (TPSA) is 39.1 Å². The number of fused-ring (bicyclic) bond motifs is 1. The summed E-state index contributed by atoms with van der Waals surface area (Å²) in [5.74, 6) is 1.44. The van der Waals surface area contributed by atoms with Gasteiger partial charge >= 0.3 is 0 Å². The normalized spacial score (nSPS) is 20.7. The third kappa shape index (κ3) is 2.43. The van der Waals surface area contributed by atoms with Crippen LogP contribution in [0, 0.1) is 0 Å². The first-order chi connectivity index (χ1) is 9.88. The minimum absolute atomic E-state index is 0.412. The zero-order valence-electron chi connectivity index (χ0n) is 11.5. The highest BCUT2D eigenvalue weighted by molar-refractivity contribution is 5.39. The van der Waals surface area contributed by atoms with Crippen LogP contribution in [0.4, 0.5) is 0 Å². The van der Waals surface area contributed by atoms with Crippen molar-refractivity contribution < 1.29 is 4.74 Å². The average molecular weight is 269 g/mol. The minimum atomic E-state index is 0.412. The Morgan fingerprint density at radius 2 is 2.20 bits per heavy atom. The third-order valence-corrected chi connectivity index (χ3v) is 4.07. The summed E-state index contributed by atoms with van der Waals surface area (Å²) in [5.41, 5.74) is 2.57. The van der Waals surface area contributed by atoms with Gasteiger partial charge < -0.3 is 10.1 Å². The summed E-state index contributed by atoms with van der Waals surface area (Å²) in [7, 11) is 0. The van der Waals surface area contributed by atoms with Crippen LogP contribution in [0.2, 0.25) is 0 Å². The molecule has 1 saturated carbocycles. The molecule has 1 aromatic heterocycles. The Hall–Kier alpha value is -1.81. The highest BCUT2D eigenvalue weighted by Gasteiger charge is 2.24. The van der Waals surface area contributed by atoms with Gasteiger partial charge in [0.05, 0.1) is 19.3 Å². The van der Waals surface area contributed by atoms with Gasteiger partial charge in [-0.1, -0.05) is 18.2 Å². The van der Waals surface area contributed by atoms with Crippen molar-refractivity contribution in [1.82, 2.24) is 15.1 Å². The van der Waals surface area contributed by atoms with Crippen molar-refractivity contribution in [3.63, 3.8) is 0 Å². The van der Waals surface area contributed by atoms with Crippen molar-refractivity contribution in [2.75, 3.05) is 6.61 Å². The largest absolute Gasteiger partial charge is 0.493 e. The average Bonchev–Trinajstić information content (AvgIpc) is 3.06. The summed E-state index contributed by atoms with van der Waals surface area (Å²) in [6.07, 6.45) is 6.77. The zero-order valence-corrected chi connectivity index (χ0v) is 11.5.